The van der Waals surface area contributed by atoms with Crippen molar-refractivity contribution in [2.24, 2.45) is 0 Å². The van der Waals surface area contributed by atoms with Crippen molar-refractivity contribution in [2.75, 3.05) is 11.4 Å². The predicted octanol–water partition coefficient (Wildman–Crippen LogP) is 7.27. The highest BCUT2D eigenvalue weighted by Gasteiger charge is 2.31. The highest BCUT2D eigenvalue weighted by atomic mass is 32.1. The van der Waals surface area contributed by atoms with Gasteiger partial charge in [0.1, 0.15) is 5.75 Å². The van der Waals surface area contributed by atoms with Crippen LogP contribution in [0.25, 0.3) is 11.3 Å². The van der Waals surface area contributed by atoms with Gasteiger partial charge in [-0.1, -0.05) is 75.8 Å². The Hall–Kier alpha value is -2.66. The van der Waals surface area contributed by atoms with E-state index in [0.717, 1.165) is 53.5 Å². The first kappa shape index (κ1) is 23.5. The van der Waals surface area contributed by atoms with Crippen LogP contribution in [0.1, 0.15) is 69.4 Å². The number of unbranched alkanes of at least 4 members (excludes halogenated alkanes) is 6. The van der Waals surface area contributed by atoms with Crippen LogP contribution >= 0.6 is 11.3 Å². The highest BCUT2D eigenvalue weighted by molar-refractivity contribution is 7.10. The van der Waals surface area contributed by atoms with E-state index in [9.17, 15) is 4.79 Å². The molecule has 1 atom stereocenters. The fourth-order valence-corrected chi connectivity index (χ4v) is 5.16. The number of carbonyl (C=O) groups excluding carboxylic acids is 1. The molecule has 4 nitrogen and oxygen atoms in total. The largest absolute Gasteiger partial charge is 0.479 e. The molecule has 3 aromatic rings. The van der Waals surface area contributed by atoms with Crippen LogP contribution in [0.15, 0.2) is 53.9 Å². The van der Waals surface area contributed by atoms with Crippen LogP contribution in [0, 0.1) is 0 Å². The Labute approximate surface area is 201 Å². The summed E-state index contributed by atoms with van der Waals surface area (Å²) in [7, 11) is 0. The lowest BCUT2D eigenvalue weighted by atomic mass is 10.1. The van der Waals surface area contributed by atoms with Gasteiger partial charge >= 0.3 is 0 Å². The number of hydrogen-bond acceptors (Lipinski definition) is 4. The third-order valence-electron chi connectivity index (χ3n) is 6.20. The van der Waals surface area contributed by atoms with Crippen LogP contribution < -0.4 is 9.64 Å². The van der Waals surface area contributed by atoms with Gasteiger partial charge in [0.05, 0.1) is 16.4 Å². The van der Waals surface area contributed by atoms with E-state index >= 15 is 0 Å². The number of amides is 1. The lowest BCUT2D eigenvalue weighted by Gasteiger charge is -2.33. The Morgan fingerprint density at radius 3 is 2.55 bits per heavy atom. The van der Waals surface area contributed by atoms with E-state index in [0.29, 0.717) is 0 Å². The number of fused-ring (bicyclic) bond motifs is 1. The molecule has 2 aromatic carbocycles. The second-order valence-corrected chi connectivity index (χ2v) is 9.79. The lowest BCUT2D eigenvalue weighted by molar-refractivity contribution is -0.125. The first-order chi connectivity index (χ1) is 16.2. The molecule has 2 heterocycles. The lowest BCUT2D eigenvalue weighted by Crippen LogP contribution is -2.44. The molecular formula is C28H34N2O2S. The van der Waals surface area contributed by atoms with Crippen LogP contribution in [-0.4, -0.2) is 23.5 Å². The minimum Gasteiger partial charge on any atom is -0.479 e. The van der Waals surface area contributed by atoms with Crippen LogP contribution in [-0.2, 0) is 11.2 Å². The summed E-state index contributed by atoms with van der Waals surface area (Å²) in [6.07, 6.45) is 9.01. The van der Waals surface area contributed by atoms with Gasteiger partial charge in [-0.25, -0.2) is 4.98 Å². The molecule has 1 unspecified atom stereocenters. The molecule has 4 rings (SSSR count). The van der Waals surface area contributed by atoms with E-state index in [1.54, 1.807) is 11.3 Å². The summed E-state index contributed by atoms with van der Waals surface area (Å²) in [6.45, 7) is 4.83. The maximum absolute atomic E-state index is 12.9. The smallest absolute Gasteiger partial charge is 0.267 e. The number of hydrogen-bond donors (Lipinski definition) is 0. The molecular weight excluding hydrogens is 428 g/mol. The molecule has 0 saturated heterocycles. The second-order valence-electron chi connectivity index (χ2n) is 8.84. The molecule has 1 aromatic heterocycles. The molecule has 0 fully saturated rings. The zero-order valence-corrected chi connectivity index (χ0v) is 20.6. The minimum atomic E-state index is -0.440. The molecule has 1 aliphatic rings. The molecule has 5 heteroatoms. The molecule has 174 valence electrons. The molecule has 0 N–H and O–H groups in total. The van der Waals surface area contributed by atoms with Crippen molar-refractivity contribution in [2.45, 2.75) is 71.3 Å². The van der Waals surface area contributed by atoms with Crippen LogP contribution in [0.5, 0.6) is 5.75 Å². The molecule has 0 saturated carbocycles. The SMILES string of the molecule is CCCCCCCCCN1C(=O)C(C)Oc2ccc(-c3csc(Cc4ccccc4)n3)cc21. The zero-order chi connectivity index (χ0) is 23.0. The average Bonchev–Trinajstić information content (AvgIpc) is 3.29. The van der Waals surface area contributed by atoms with Crippen LogP contribution in [0.4, 0.5) is 5.69 Å². The summed E-state index contributed by atoms with van der Waals surface area (Å²) >= 11 is 1.68. The summed E-state index contributed by atoms with van der Waals surface area (Å²) in [6, 6.07) is 16.5. The minimum absolute atomic E-state index is 0.0497. The fraction of sp³-hybridized carbons (Fsp3) is 0.429. The molecule has 0 spiro atoms. The molecule has 0 radical (unpaired) electrons. The Bertz CT molecular complexity index is 1050. The van der Waals surface area contributed by atoms with Gasteiger partial charge in [-0.15, -0.1) is 11.3 Å². The van der Waals surface area contributed by atoms with Crippen LogP contribution in [0.3, 0.4) is 0 Å². The van der Waals surface area contributed by atoms with E-state index < -0.39 is 6.10 Å². The number of anilines is 1. The Kier molecular flexibility index (Phi) is 8.16. The number of aromatic nitrogens is 1. The van der Waals surface area contributed by atoms with E-state index in [2.05, 4.69) is 48.7 Å². The van der Waals surface area contributed by atoms with Crippen molar-refractivity contribution >= 4 is 22.9 Å². The first-order valence-electron chi connectivity index (χ1n) is 12.3. The van der Waals surface area contributed by atoms with Gasteiger partial charge in [0, 0.05) is 23.9 Å². The van der Waals surface area contributed by atoms with Crippen molar-refractivity contribution in [3.8, 4) is 17.0 Å². The Morgan fingerprint density at radius 2 is 1.76 bits per heavy atom. The van der Waals surface area contributed by atoms with Crippen LogP contribution in [0.2, 0.25) is 0 Å². The summed E-state index contributed by atoms with van der Waals surface area (Å²) in [5, 5.41) is 3.20. The molecule has 1 amide bonds. The van der Waals surface area contributed by atoms with Gasteiger partial charge in [-0.3, -0.25) is 4.79 Å². The third-order valence-corrected chi connectivity index (χ3v) is 7.05. The maximum atomic E-state index is 12.9. The van der Waals surface area contributed by atoms with Crippen molar-refractivity contribution in [3.63, 3.8) is 0 Å². The van der Waals surface area contributed by atoms with Gasteiger partial charge in [-0.2, -0.15) is 0 Å². The molecule has 0 aliphatic carbocycles. The van der Waals surface area contributed by atoms with Crippen molar-refractivity contribution < 1.29 is 9.53 Å². The summed E-state index contributed by atoms with van der Waals surface area (Å²) < 4.78 is 5.91. The number of benzene rings is 2. The predicted molar refractivity (Wildman–Crippen MR) is 137 cm³/mol. The normalized spacial score (nSPS) is 15.4. The van der Waals surface area contributed by atoms with E-state index in [-0.39, 0.29) is 5.91 Å². The second kappa shape index (κ2) is 11.5. The molecule has 0 bridgehead atoms. The third kappa shape index (κ3) is 6.02. The van der Waals surface area contributed by atoms with E-state index in [4.69, 9.17) is 9.72 Å². The summed E-state index contributed by atoms with van der Waals surface area (Å²) in [5.74, 6) is 0.835. The van der Waals surface area contributed by atoms with Gasteiger partial charge in [0.2, 0.25) is 0 Å². The standard InChI is InChI=1S/C28H34N2O2S/c1-3-4-5-6-7-8-12-17-30-25-19-23(15-16-26(25)32-21(2)28(30)31)24-20-33-27(29-24)18-22-13-10-9-11-14-22/h9-11,13-16,19-21H,3-8,12,17-18H2,1-2H3. The quantitative estimate of drug-likeness (QED) is 0.282. The van der Waals surface area contributed by atoms with Crippen molar-refractivity contribution in [1.29, 1.82) is 0 Å². The topological polar surface area (TPSA) is 42.4 Å². The van der Waals surface area contributed by atoms with Gasteiger partial charge < -0.3 is 9.64 Å². The molecule has 1 aliphatic heterocycles. The average molecular weight is 463 g/mol. The Balaban J connectivity index is 1.45. The summed E-state index contributed by atoms with van der Waals surface area (Å²) in [5.41, 5.74) is 4.12. The van der Waals surface area contributed by atoms with Crippen molar-refractivity contribution in [1.82, 2.24) is 4.98 Å². The van der Waals surface area contributed by atoms with Gasteiger partial charge in [-0.05, 0) is 37.1 Å². The first-order valence-corrected chi connectivity index (χ1v) is 13.1. The number of carbonyl (C=O) groups is 1. The maximum Gasteiger partial charge on any atom is 0.267 e. The number of nitrogens with zero attached hydrogens (tertiary/aromatic N) is 2. The van der Waals surface area contributed by atoms with Gasteiger partial charge in [0.15, 0.2) is 6.10 Å². The monoisotopic (exact) mass is 462 g/mol. The fourth-order valence-electron chi connectivity index (χ4n) is 4.32. The number of rotatable bonds is 11. The zero-order valence-electron chi connectivity index (χ0n) is 19.8. The van der Waals surface area contributed by atoms with E-state index in [1.807, 2.05) is 24.0 Å². The van der Waals surface area contributed by atoms with E-state index in [1.165, 1.54) is 37.7 Å². The molecule has 33 heavy (non-hydrogen) atoms. The summed E-state index contributed by atoms with van der Waals surface area (Å²) in [4.78, 5) is 19.7. The number of ether oxygens (including phenoxy) is 1. The Morgan fingerprint density at radius 1 is 1.00 bits per heavy atom. The van der Waals surface area contributed by atoms with Crippen molar-refractivity contribution in [3.05, 3.63) is 64.5 Å². The number of thiazole rings is 1. The highest BCUT2D eigenvalue weighted by Crippen LogP contribution is 2.38. The van der Waals surface area contributed by atoms with Gasteiger partial charge in [0.25, 0.3) is 5.91 Å².